The van der Waals surface area contributed by atoms with Gasteiger partial charge in [-0.3, -0.25) is 0 Å². The monoisotopic (exact) mass is 320 g/mol. The van der Waals surface area contributed by atoms with Crippen molar-refractivity contribution in [2.75, 3.05) is 5.32 Å². The van der Waals surface area contributed by atoms with E-state index in [1.807, 2.05) is 30.3 Å². The molecule has 0 aliphatic rings. The Morgan fingerprint density at radius 1 is 1.19 bits per heavy atom. The highest BCUT2D eigenvalue weighted by atomic mass is 35.5. The smallest absolute Gasteiger partial charge is 0.184 e. The summed E-state index contributed by atoms with van der Waals surface area (Å²) < 4.78 is 14.7. The van der Waals surface area contributed by atoms with E-state index in [1.165, 1.54) is 0 Å². The summed E-state index contributed by atoms with van der Waals surface area (Å²) in [5.74, 6) is -0.131. The van der Waals surface area contributed by atoms with E-state index in [1.54, 1.807) is 25.2 Å². The van der Waals surface area contributed by atoms with Crippen molar-refractivity contribution in [1.29, 1.82) is 0 Å². The van der Waals surface area contributed by atoms with Gasteiger partial charge >= 0.3 is 0 Å². The highest BCUT2D eigenvalue weighted by molar-refractivity contribution is 7.22. The summed E-state index contributed by atoms with van der Waals surface area (Å²) in [5.41, 5.74) is 3.27. The SMILES string of the molecule is Cc1cc(CNc2nc3cc(Cl)ccc3s2)cc(C)c1F. The maximum Gasteiger partial charge on any atom is 0.184 e. The summed E-state index contributed by atoms with van der Waals surface area (Å²) in [6, 6.07) is 9.40. The Hall–Kier alpha value is -1.65. The zero-order valence-electron chi connectivity index (χ0n) is 11.7. The van der Waals surface area contributed by atoms with E-state index in [2.05, 4.69) is 10.3 Å². The van der Waals surface area contributed by atoms with Crippen molar-refractivity contribution in [3.8, 4) is 0 Å². The fraction of sp³-hybridized carbons (Fsp3) is 0.188. The minimum absolute atomic E-state index is 0.131. The van der Waals surface area contributed by atoms with Gasteiger partial charge in [0.15, 0.2) is 5.13 Å². The van der Waals surface area contributed by atoms with Crippen molar-refractivity contribution in [1.82, 2.24) is 4.98 Å². The van der Waals surface area contributed by atoms with Gasteiger partial charge in [-0.05, 0) is 48.7 Å². The molecule has 0 aliphatic carbocycles. The number of nitrogens with zero attached hydrogens (tertiary/aromatic N) is 1. The van der Waals surface area contributed by atoms with Gasteiger partial charge in [0, 0.05) is 11.6 Å². The van der Waals surface area contributed by atoms with Crippen LogP contribution < -0.4 is 5.32 Å². The van der Waals surface area contributed by atoms with Gasteiger partial charge in [-0.15, -0.1) is 0 Å². The number of thiazole rings is 1. The highest BCUT2D eigenvalue weighted by Crippen LogP contribution is 2.28. The topological polar surface area (TPSA) is 24.9 Å². The Morgan fingerprint density at radius 3 is 2.62 bits per heavy atom. The fourth-order valence-corrected chi connectivity index (χ4v) is 3.30. The van der Waals surface area contributed by atoms with E-state index in [4.69, 9.17) is 11.6 Å². The number of fused-ring (bicyclic) bond motifs is 1. The summed E-state index contributed by atoms with van der Waals surface area (Å²) in [7, 11) is 0. The average Bonchev–Trinajstić information content (AvgIpc) is 2.84. The molecule has 3 aromatic rings. The molecule has 21 heavy (non-hydrogen) atoms. The zero-order valence-corrected chi connectivity index (χ0v) is 13.3. The van der Waals surface area contributed by atoms with Crippen LogP contribution >= 0.6 is 22.9 Å². The van der Waals surface area contributed by atoms with Crippen LogP contribution in [0.4, 0.5) is 9.52 Å². The van der Waals surface area contributed by atoms with Crippen molar-refractivity contribution in [3.63, 3.8) is 0 Å². The van der Waals surface area contributed by atoms with Crippen molar-refractivity contribution in [3.05, 3.63) is 57.9 Å². The summed E-state index contributed by atoms with van der Waals surface area (Å²) in [5, 5.41) is 4.81. The molecule has 0 unspecified atom stereocenters. The van der Waals surface area contributed by atoms with Crippen LogP contribution in [0, 0.1) is 19.7 Å². The van der Waals surface area contributed by atoms with E-state index in [0.29, 0.717) is 22.7 Å². The first-order valence-electron chi connectivity index (χ1n) is 6.58. The minimum atomic E-state index is -0.131. The second-order valence-electron chi connectivity index (χ2n) is 5.03. The number of hydrogen-bond donors (Lipinski definition) is 1. The second kappa shape index (κ2) is 5.62. The number of benzene rings is 2. The maximum absolute atomic E-state index is 13.6. The molecule has 0 bridgehead atoms. The molecule has 1 N–H and O–H groups in total. The third-order valence-electron chi connectivity index (χ3n) is 3.29. The second-order valence-corrected chi connectivity index (χ2v) is 6.50. The van der Waals surface area contributed by atoms with Crippen LogP contribution in [0.25, 0.3) is 10.2 Å². The quantitative estimate of drug-likeness (QED) is 0.706. The van der Waals surface area contributed by atoms with Gasteiger partial charge in [-0.2, -0.15) is 0 Å². The first kappa shape index (κ1) is 14.3. The van der Waals surface area contributed by atoms with Crippen LogP contribution in [-0.2, 0) is 6.54 Å². The lowest BCUT2D eigenvalue weighted by Gasteiger charge is -2.07. The fourth-order valence-electron chi connectivity index (χ4n) is 2.29. The summed E-state index contributed by atoms with van der Waals surface area (Å²) in [4.78, 5) is 4.50. The minimum Gasteiger partial charge on any atom is -0.357 e. The summed E-state index contributed by atoms with van der Waals surface area (Å²) >= 11 is 7.54. The Kier molecular flexibility index (Phi) is 3.83. The number of aromatic nitrogens is 1. The van der Waals surface area contributed by atoms with Crippen LogP contribution in [0.2, 0.25) is 5.02 Å². The van der Waals surface area contributed by atoms with Crippen molar-refractivity contribution >= 4 is 38.3 Å². The average molecular weight is 321 g/mol. The van der Waals surface area contributed by atoms with E-state index >= 15 is 0 Å². The summed E-state index contributed by atoms with van der Waals surface area (Å²) in [6.45, 7) is 4.19. The van der Waals surface area contributed by atoms with Crippen LogP contribution in [0.1, 0.15) is 16.7 Å². The van der Waals surface area contributed by atoms with Crippen LogP contribution in [0.5, 0.6) is 0 Å². The molecule has 1 heterocycles. The largest absolute Gasteiger partial charge is 0.357 e. The number of aryl methyl sites for hydroxylation is 2. The molecule has 0 spiro atoms. The van der Waals surface area contributed by atoms with E-state index in [-0.39, 0.29) is 5.82 Å². The number of halogens is 2. The van der Waals surface area contributed by atoms with Crippen LogP contribution in [0.3, 0.4) is 0 Å². The lowest BCUT2D eigenvalue weighted by Crippen LogP contribution is -2.01. The maximum atomic E-state index is 13.6. The van der Waals surface area contributed by atoms with E-state index < -0.39 is 0 Å². The molecule has 0 fully saturated rings. The number of rotatable bonds is 3. The van der Waals surface area contributed by atoms with E-state index in [9.17, 15) is 4.39 Å². The third-order valence-corrected chi connectivity index (χ3v) is 4.52. The Morgan fingerprint density at radius 2 is 1.90 bits per heavy atom. The van der Waals surface area contributed by atoms with Crippen LogP contribution in [-0.4, -0.2) is 4.98 Å². The van der Waals surface area contributed by atoms with Crippen molar-refractivity contribution < 1.29 is 4.39 Å². The first-order chi connectivity index (χ1) is 10.0. The first-order valence-corrected chi connectivity index (χ1v) is 7.78. The van der Waals surface area contributed by atoms with Gasteiger partial charge in [-0.1, -0.05) is 35.1 Å². The lowest BCUT2D eigenvalue weighted by atomic mass is 10.1. The van der Waals surface area contributed by atoms with Crippen molar-refractivity contribution in [2.24, 2.45) is 0 Å². The predicted molar refractivity (Wildman–Crippen MR) is 87.8 cm³/mol. The zero-order chi connectivity index (χ0) is 15.0. The Labute approximate surface area is 131 Å². The molecule has 0 saturated heterocycles. The van der Waals surface area contributed by atoms with Gasteiger partial charge in [0.1, 0.15) is 5.82 Å². The molecule has 0 atom stereocenters. The molecule has 2 aromatic carbocycles. The normalized spacial score (nSPS) is 11.0. The highest BCUT2D eigenvalue weighted by Gasteiger charge is 2.07. The Bertz CT molecular complexity index is 790. The molecular formula is C16H14ClFN2S. The van der Waals surface area contributed by atoms with Gasteiger partial charge in [0.2, 0.25) is 0 Å². The van der Waals surface area contributed by atoms with Gasteiger partial charge < -0.3 is 5.32 Å². The molecular weight excluding hydrogens is 307 g/mol. The van der Waals surface area contributed by atoms with E-state index in [0.717, 1.165) is 20.9 Å². The molecule has 2 nitrogen and oxygen atoms in total. The predicted octanol–water partition coefficient (Wildman–Crippen LogP) is 5.32. The molecule has 1 aromatic heterocycles. The lowest BCUT2D eigenvalue weighted by molar-refractivity contribution is 0.608. The van der Waals surface area contributed by atoms with Crippen LogP contribution in [0.15, 0.2) is 30.3 Å². The number of hydrogen-bond acceptors (Lipinski definition) is 3. The molecule has 0 radical (unpaired) electrons. The number of nitrogens with one attached hydrogen (secondary N) is 1. The summed E-state index contributed by atoms with van der Waals surface area (Å²) in [6.07, 6.45) is 0. The van der Waals surface area contributed by atoms with Gasteiger partial charge in [0.05, 0.1) is 10.2 Å². The molecule has 5 heteroatoms. The van der Waals surface area contributed by atoms with Crippen molar-refractivity contribution in [2.45, 2.75) is 20.4 Å². The molecule has 108 valence electrons. The molecule has 0 saturated carbocycles. The standard InChI is InChI=1S/C16H14ClFN2S/c1-9-5-11(6-10(2)15(9)18)8-19-16-20-13-7-12(17)3-4-14(13)21-16/h3-7H,8H2,1-2H3,(H,19,20). The third kappa shape index (κ3) is 3.01. The van der Waals surface area contributed by atoms with Gasteiger partial charge in [-0.25, -0.2) is 9.37 Å². The number of anilines is 1. The Balaban J connectivity index is 1.80. The van der Waals surface area contributed by atoms with Gasteiger partial charge in [0.25, 0.3) is 0 Å². The molecule has 3 rings (SSSR count). The molecule has 0 amide bonds. The molecule has 0 aliphatic heterocycles.